The van der Waals surface area contributed by atoms with Crippen molar-refractivity contribution in [2.75, 3.05) is 12.4 Å². The molecule has 6 heteroatoms. The number of hydrogen-bond donors (Lipinski definition) is 1. The minimum Gasteiger partial charge on any atom is -0.496 e. The monoisotopic (exact) mass is 309 g/mol. The fourth-order valence-electron chi connectivity index (χ4n) is 2.07. The zero-order chi connectivity index (χ0) is 16.2. The number of anilines is 1. The molecule has 1 aromatic heterocycles. The van der Waals surface area contributed by atoms with Crippen LogP contribution in [0.2, 0.25) is 0 Å². The highest BCUT2D eigenvalue weighted by molar-refractivity contribution is 6.00. The Labute approximate surface area is 133 Å². The minimum atomic E-state index is -0.456. The Kier molecular flexibility index (Phi) is 4.05. The molecule has 0 saturated heterocycles. The van der Waals surface area contributed by atoms with Gasteiger partial charge in [0.05, 0.1) is 12.7 Å². The number of aromatic nitrogens is 2. The van der Waals surface area contributed by atoms with Gasteiger partial charge in [-0.2, -0.15) is 0 Å². The van der Waals surface area contributed by atoms with Crippen molar-refractivity contribution in [1.29, 1.82) is 0 Å². The molecule has 0 spiro atoms. The molecule has 0 unspecified atom stereocenters. The van der Waals surface area contributed by atoms with Gasteiger partial charge in [-0.25, -0.2) is 0 Å². The molecular formula is C17H15N3O3. The van der Waals surface area contributed by atoms with Gasteiger partial charge in [0.25, 0.3) is 5.89 Å². The van der Waals surface area contributed by atoms with Gasteiger partial charge in [0.15, 0.2) is 0 Å². The van der Waals surface area contributed by atoms with E-state index in [0.29, 0.717) is 17.0 Å². The van der Waals surface area contributed by atoms with Gasteiger partial charge < -0.3 is 14.5 Å². The van der Waals surface area contributed by atoms with Crippen molar-refractivity contribution in [2.24, 2.45) is 0 Å². The van der Waals surface area contributed by atoms with Crippen LogP contribution in [0, 0.1) is 6.92 Å². The van der Waals surface area contributed by atoms with Crippen LogP contribution in [0.15, 0.2) is 52.9 Å². The van der Waals surface area contributed by atoms with E-state index in [-0.39, 0.29) is 11.8 Å². The van der Waals surface area contributed by atoms with E-state index in [1.807, 2.05) is 43.3 Å². The number of nitrogens with zero attached hydrogens (tertiary/aromatic N) is 2. The number of ether oxygens (including phenoxy) is 1. The van der Waals surface area contributed by atoms with Crippen LogP contribution in [0.1, 0.15) is 16.2 Å². The fraction of sp³-hybridized carbons (Fsp3) is 0.118. The Bertz CT molecular complexity index is 825. The number of nitrogens with one attached hydrogen (secondary N) is 1. The lowest BCUT2D eigenvalue weighted by molar-refractivity contribution is 0.0991. The van der Waals surface area contributed by atoms with E-state index in [2.05, 4.69) is 15.5 Å². The number of benzene rings is 2. The molecule has 0 radical (unpaired) electrons. The summed E-state index contributed by atoms with van der Waals surface area (Å²) in [7, 11) is 1.56. The van der Waals surface area contributed by atoms with E-state index >= 15 is 0 Å². The Morgan fingerprint density at radius 2 is 1.83 bits per heavy atom. The van der Waals surface area contributed by atoms with Crippen LogP contribution >= 0.6 is 0 Å². The van der Waals surface area contributed by atoms with E-state index in [0.717, 1.165) is 5.56 Å². The summed E-state index contributed by atoms with van der Waals surface area (Å²) < 4.78 is 10.7. The molecule has 0 aliphatic heterocycles. The van der Waals surface area contributed by atoms with E-state index in [4.69, 9.17) is 9.15 Å². The number of amides is 1. The summed E-state index contributed by atoms with van der Waals surface area (Å²) >= 11 is 0. The van der Waals surface area contributed by atoms with E-state index in [1.54, 1.807) is 19.2 Å². The predicted octanol–water partition coefficient (Wildman–Crippen LogP) is 3.31. The molecule has 0 aliphatic carbocycles. The van der Waals surface area contributed by atoms with Gasteiger partial charge >= 0.3 is 11.8 Å². The zero-order valence-corrected chi connectivity index (χ0v) is 12.7. The average molecular weight is 309 g/mol. The van der Waals surface area contributed by atoms with Gasteiger partial charge in [-0.15, -0.1) is 10.2 Å². The van der Waals surface area contributed by atoms with Gasteiger partial charge in [-0.3, -0.25) is 4.79 Å². The SMILES string of the molecule is COc1ccccc1-c1nnc(C(=O)Nc2ccc(C)cc2)o1. The Balaban J connectivity index is 1.81. The molecule has 0 bridgehead atoms. The lowest BCUT2D eigenvalue weighted by Gasteiger charge is -2.03. The Morgan fingerprint density at radius 3 is 2.57 bits per heavy atom. The molecule has 0 aliphatic rings. The number of methoxy groups -OCH3 is 1. The lowest BCUT2D eigenvalue weighted by Crippen LogP contribution is -2.12. The summed E-state index contributed by atoms with van der Waals surface area (Å²) in [6.45, 7) is 1.98. The first-order valence-electron chi connectivity index (χ1n) is 7.02. The molecule has 0 fully saturated rings. The molecule has 1 N–H and O–H groups in total. The molecule has 3 aromatic rings. The predicted molar refractivity (Wildman–Crippen MR) is 85.4 cm³/mol. The number of rotatable bonds is 4. The summed E-state index contributed by atoms with van der Waals surface area (Å²) in [4.78, 5) is 12.2. The highest BCUT2D eigenvalue weighted by atomic mass is 16.5. The first kappa shape index (κ1) is 14.8. The van der Waals surface area contributed by atoms with Gasteiger partial charge in [0, 0.05) is 5.69 Å². The average Bonchev–Trinajstić information content (AvgIpc) is 3.07. The molecule has 6 nitrogen and oxygen atoms in total. The van der Waals surface area contributed by atoms with E-state index in [1.165, 1.54) is 0 Å². The van der Waals surface area contributed by atoms with Crippen LogP contribution in [0.5, 0.6) is 5.75 Å². The van der Waals surface area contributed by atoms with E-state index in [9.17, 15) is 4.79 Å². The Morgan fingerprint density at radius 1 is 1.09 bits per heavy atom. The van der Waals surface area contributed by atoms with Gasteiger partial charge in [0.2, 0.25) is 0 Å². The topological polar surface area (TPSA) is 77.2 Å². The highest BCUT2D eigenvalue weighted by Crippen LogP contribution is 2.28. The maximum absolute atomic E-state index is 12.2. The van der Waals surface area contributed by atoms with Gasteiger partial charge in [0.1, 0.15) is 5.75 Å². The third kappa shape index (κ3) is 3.21. The summed E-state index contributed by atoms with van der Waals surface area (Å²) in [6.07, 6.45) is 0. The minimum absolute atomic E-state index is 0.105. The van der Waals surface area contributed by atoms with Crippen molar-refractivity contribution in [2.45, 2.75) is 6.92 Å². The Hall–Kier alpha value is -3.15. The van der Waals surface area contributed by atoms with Gasteiger partial charge in [-0.1, -0.05) is 29.8 Å². The van der Waals surface area contributed by atoms with Gasteiger partial charge in [-0.05, 0) is 31.2 Å². The quantitative estimate of drug-likeness (QED) is 0.800. The third-order valence-corrected chi connectivity index (χ3v) is 3.27. The standard InChI is InChI=1S/C17H15N3O3/c1-11-7-9-12(10-8-11)18-15(21)17-20-19-16(23-17)13-5-3-4-6-14(13)22-2/h3-10H,1-2H3,(H,18,21). The third-order valence-electron chi connectivity index (χ3n) is 3.27. The summed E-state index contributed by atoms with van der Waals surface area (Å²) in [5.74, 6) is 0.270. The number of para-hydroxylation sites is 1. The highest BCUT2D eigenvalue weighted by Gasteiger charge is 2.18. The number of aryl methyl sites for hydroxylation is 1. The van der Waals surface area contributed by atoms with Crippen molar-refractivity contribution in [3.63, 3.8) is 0 Å². The van der Waals surface area contributed by atoms with Crippen LogP contribution in [-0.2, 0) is 0 Å². The molecule has 23 heavy (non-hydrogen) atoms. The first-order valence-corrected chi connectivity index (χ1v) is 7.02. The summed E-state index contributed by atoms with van der Waals surface area (Å²) in [5.41, 5.74) is 2.41. The largest absolute Gasteiger partial charge is 0.496 e. The lowest BCUT2D eigenvalue weighted by atomic mass is 10.2. The van der Waals surface area contributed by atoms with Crippen LogP contribution in [-0.4, -0.2) is 23.2 Å². The fourth-order valence-corrected chi connectivity index (χ4v) is 2.07. The number of carbonyl (C=O) groups is 1. The van der Waals surface area contributed by atoms with Crippen molar-refractivity contribution >= 4 is 11.6 Å². The summed E-state index contributed by atoms with van der Waals surface area (Å²) in [5, 5.41) is 10.4. The molecule has 2 aromatic carbocycles. The van der Waals surface area contributed by atoms with Crippen LogP contribution in [0.4, 0.5) is 5.69 Å². The second kappa shape index (κ2) is 6.31. The smallest absolute Gasteiger partial charge is 0.313 e. The molecule has 116 valence electrons. The maximum Gasteiger partial charge on any atom is 0.313 e. The number of hydrogen-bond acceptors (Lipinski definition) is 5. The maximum atomic E-state index is 12.2. The van der Waals surface area contributed by atoms with Crippen molar-refractivity contribution in [1.82, 2.24) is 10.2 Å². The van der Waals surface area contributed by atoms with Crippen molar-refractivity contribution < 1.29 is 13.9 Å². The molecule has 1 heterocycles. The molecule has 0 saturated carbocycles. The number of carbonyl (C=O) groups excluding carboxylic acids is 1. The van der Waals surface area contributed by atoms with Crippen molar-refractivity contribution in [3.05, 3.63) is 60.0 Å². The molecule has 3 rings (SSSR count). The second-order valence-electron chi connectivity index (χ2n) is 4.93. The first-order chi connectivity index (χ1) is 11.2. The zero-order valence-electron chi connectivity index (χ0n) is 12.7. The molecule has 0 atom stereocenters. The van der Waals surface area contributed by atoms with Crippen molar-refractivity contribution in [3.8, 4) is 17.2 Å². The molecular weight excluding hydrogens is 294 g/mol. The van der Waals surface area contributed by atoms with Crippen LogP contribution in [0.3, 0.4) is 0 Å². The molecule has 1 amide bonds. The van der Waals surface area contributed by atoms with E-state index < -0.39 is 5.91 Å². The van der Waals surface area contributed by atoms with Crippen LogP contribution < -0.4 is 10.1 Å². The summed E-state index contributed by atoms with van der Waals surface area (Å²) in [6, 6.07) is 14.7. The van der Waals surface area contributed by atoms with Crippen LogP contribution in [0.25, 0.3) is 11.5 Å². The normalized spacial score (nSPS) is 10.3. The second-order valence-corrected chi connectivity index (χ2v) is 4.93.